The second-order valence-electron chi connectivity index (χ2n) is 5.47. The lowest BCUT2D eigenvalue weighted by Crippen LogP contribution is -3.00. The van der Waals surface area contributed by atoms with Crippen LogP contribution in [0, 0.1) is 0 Å². The zero-order chi connectivity index (χ0) is 18.7. The summed E-state index contributed by atoms with van der Waals surface area (Å²) in [6, 6.07) is 12.8. The maximum Gasteiger partial charge on any atom is 0.416 e. The van der Waals surface area contributed by atoms with Gasteiger partial charge >= 0.3 is 6.18 Å². The zero-order valence-corrected chi connectivity index (χ0v) is 17.9. The van der Waals surface area contributed by atoms with Crippen LogP contribution in [0.25, 0.3) is 11.3 Å². The van der Waals surface area contributed by atoms with Crippen LogP contribution in [0.4, 0.5) is 18.9 Å². The van der Waals surface area contributed by atoms with E-state index in [9.17, 15) is 13.2 Å². The minimum atomic E-state index is -4.39. The number of hydrogen-bond donors (Lipinski definition) is 0. The Kier molecular flexibility index (Phi) is 7.25. The number of alkyl halides is 3. The fraction of sp³-hybridized carbons (Fsp3) is 0.105. The molecule has 8 heteroatoms. The van der Waals surface area contributed by atoms with E-state index >= 15 is 0 Å². The van der Waals surface area contributed by atoms with Crippen LogP contribution in [-0.4, -0.2) is 4.57 Å². The third-order valence-corrected chi connectivity index (χ3v) is 5.04. The molecule has 0 saturated heterocycles. The first-order valence-electron chi connectivity index (χ1n) is 7.65. The van der Waals surface area contributed by atoms with E-state index in [2.05, 4.69) is 27.5 Å². The van der Waals surface area contributed by atoms with Gasteiger partial charge in [0, 0.05) is 16.4 Å². The number of thiazole rings is 1. The van der Waals surface area contributed by atoms with E-state index in [1.165, 1.54) is 17.4 Å². The van der Waals surface area contributed by atoms with Crippen LogP contribution in [0.5, 0.6) is 0 Å². The lowest BCUT2D eigenvalue weighted by molar-refractivity contribution is -0.137. The van der Waals surface area contributed by atoms with E-state index in [1.807, 2.05) is 34.2 Å². The van der Waals surface area contributed by atoms with Gasteiger partial charge in [0.1, 0.15) is 0 Å². The van der Waals surface area contributed by atoms with Crippen molar-refractivity contribution in [2.24, 2.45) is 4.99 Å². The summed E-state index contributed by atoms with van der Waals surface area (Å²) in [7, 11) is 0. The zero-order valence-electron chi connectivity index (χ0n) is 13.9. The first kappa shape index (κ1) is 21.7. The molecule has 27 heavy (non-hydrogen) atoms. The standard InChI is InChI=1S/C19H14BrF3N2S.BrH/c1-2-10-25-17(13-6-8-15(20)9-7-13)12-26-18(25)24-16-5-3-4-14(11-16)19(21,22)23;/h2-9,11-12H,1,10H2;1H/p-1. The first-order valence-corrected chi connectivity index (χ1v) is 9.33. The van der Waals surface area contributed by atoms with Gasteiger partial charge in [0.05, 0.1) is 16.9 Å². The summed E-state index contributed by atoms with van der Waals surface area (Å²) in [6.45, 7) is 4.27. The second kappa shape index (κ2) is 9.03. The molecular weight excluding hydrogens is 505 g/mol. The Morgan fingerprint density at radius 2 is 1.85 bits per heavy atom. The molecule has 0 spiro atoms. The highest BCUT2D eigenvalue weighted by atomic mass is 79.9. The summed E-state index contributed by atoms with van der Waals surface area (Å²) in [5.74, 6) is 0. The van der Waals surface area contributed by atoms with Crippen molar-refractivity contribution < 1.29 is 30.2 Å². The molecule has 0 aliphatic heterocycles. The Morgan fingerprint density at radius 3 is 2.48 bits per heavy atom. The number of rotatable bonds is 4. The summed E-state index contributed by atoms with van der Waals surface area (Å²) in [5.41, 5.74) is 1.49. The van der Waals surface area contributed by atoms with Crippen LogP contribution in [0.15, 0.2) is 76.0 Å². The fourth-order valence-corrected chi connectivity index (χ4v) is 3.64. The number of nitrogens with zero attached hydrogens (tertiary/aromatic N) is 2. The van der Waals surface area contributed by atoms with Gasteiger partial charge in [-0.05, 0) is 35.9 Å². The number of hydrogen-bond acceptors (Lipinski definition) is 2. The van der Waals surface area contributed by atoms with E-state index in [0.29, 0.717) is 11.3 Å². The van der Waals surface area contributed by atoms with Crippen molar-refractivity contribution in [3.8, 4) is 11.3 Å². The molecule has 0 fully saturated rings. The van der Waals surface area contributed by atoms with Crippen molar-refractivity contribution in [1.29, 1.82) is 0 Å². The maximum absolute atomic E-state index is 12.9. The van der Waals surface area contributed by atoms with Gasteiger partial charge in [-0.15, -0.1) is 17.9 Å². The number of allylic oxidation sites excluding steroid dienone is 1. The maximum atomic E-state index is 12.9. The molecule has 0 aliphatic carbocycles. The summed E-state index contributed by atoms with van der Waals surface area (Å²) in [5, 5.41) is 1.94. The third-order valence-electron chi connectivity index (χ3n) is 3.65. The Morgan fingerprint density at radius 1 is 1.15 bits per heavy atom. The SMILES string of the molecule is C=CCn1c(-c2ccc(Br)cc2)csc1=Nc1cccc(C(F)(F)F)c1.[Br-]. The van der Waals surface area contributed by atoms with Gasteiger partial charge in [0.25, 0.3) is 0 Å². The second-order valence-corrected chi connectivity index (χ2v) is 7.22. The van der Waals surface area contributed by atoms with Crippen LogP contribution < -0.4 is 21.8 Å². The Bertz CT molecular complexity index is 989. The highest BCUT2D eigenvalue weighted by Crippen LogP contribution is 2.31. The molecule has 0 N–H and O–H groups in total. The van der Waals surface area contributed by atoms with Crippen LogP contribution in [0.3, 0.4) is 0 Å². The Labute approximate surface area is 177 Å². The van der Waals surface area contributed by atoms with Gasteiger partial charge in [0.15, 0.2) is 4.80 Å². The summed E-state index contributed by atoms with van der Waals surface area (Å²) >= 11 is 4.79. The lowest BCUT2D eigenvalue weighted by atomic mass is 10.2. The van der Waals surface area contributed by atoms with Crippen molar-refractivity contribution in [1.82, 2.24) is 4.57 Å². The minimum Gasteiger partial charge on any atom is -1.00 e. The summed E-state index contributed by atoms with van der Waals surface area (Å²) < 4.78 is 41.6. The fourth-order valence-electron chi connectivity index (χ4n) is 2.44. The topological polar surface area (TPSA) is 17.3 Å². The molecule has 3 aromatic rings. The molecule has 0 amide bonds. The molecule has 0 aliphatic rings. The van der Waals surface area contributed by atoms with Crippen LogP contribution in [-0.2, 0) is 12.7 Å². The average molecular weight is 519 g/mol. The van der Waals surface area contributed by atoms with E-state index in [0.717, 1.165) is 27.9 Å². The highest BCUT2D eigenvalue weighted by Gasteiger charge is 2.30. The molecule has 142 valence electrons. The molecule has 0 saturated carbocycles. The molecule has 0 radical (unpaired) electrons. The van der Waals surface area contributed by atoms with Gasteiger partial charge in [0.2, 0.25) is 0 Å². The van der Waals surface area contributed by atoms with Crippen LogP contribution >= 0.6 is 27.3 Å². The highest BCUT2D eigenvalue weighted by molar-refractivity contribution is 9.10. The van der Waals surface area contributed by atoms with Crippen LogP contribution in [0.2, 0.25) is 0 Å². The summed E-state index contributed by atoms with van der Waals surface area (Å²) in [4.78, 5) is 5.04. The summed E-state index contributed by atoms with van der Waals surface area (Å²) in [6.07, 6.45) is -2.65. The van der Waals surface area contributed by atoms with Gasteiger partial charge in [-0.1, -0.05) is 40.2 Å². The van der Waals surface area contributed by atoms with Gasteiger partial charge in [-0.2, -0.15) is 13.2 Å². The van der Waals surface area contributed by atoms with Crippen molar-refractivity contribution in [3.05, 3.63) is 81.4 Å². The molecule has 0 bridgehead atoms. The third kappa shape index (κ3) is 5.21. The molecule has 0 unspecified atom stereocenters. The largest absolute Gasteiger partial charge is 1.00 e. The monoisotopic (exact) mass is 517 g/mol. The van der Waals surface area contributed by atoms with E-state index in [1.54, 1.807) is 12.1 Å². The van der Waals surface area contributed by atoms with E-state index in [4.69, 9.17) is 0 Å². The van der Waals surface area contributed by atoms with E-state index in [-0.39, 0.29) is 22.7 Å². The van der Waals surface area contributed by atoms with Crippen molar-refractivity contribution in [3.63, 3.8) is 0 Å². The number of benzene rings is 2. The Hall–Kier alpha value is -1.64. The normalized spacial score (nSPS) is 11.9. The van der Waals surface area contributed by atoms with Crippen molar-refractivity contribution in [2.75, 3.05) is 0 Å². The van der Waals surface area contributed by atoms with Gasteiger partial charge in [-0.3, -0.25) is 0 Å². The quantitative estimate of drug-likeness (QED) is 0.471. The minimum absolute atomic E-state index is 0. The molecule has 1 heterocycles. The van der Waals surface area contributed by atoms with Gasteiger partial charge in [-0.25, -0.2) is 4.99 Å². The molecule has 1 aromatic heterocycles. The van der Waals surface area contributed by atoms with Crippen molar-refractivity contribution >= 4 is 33.0 Å². The number of aromatic nitrogens is 1. The van der Waals surface area contributed by atoms with E-state index < -0.39 is 11.7 Å². The average Bonchev–Trinajstić information content (AvgIpc) is 2.98. The lowest BCUT2D eigenvalue weighted by Gasteiger charge is -2.08. The molecule has 2 aromatic carbocycles. The first-order chi connectivity index (χ1) is 12.4. The van der Waals surface area contributed by atoms with Crippen molar-refractivity contribution in [2.45, 2.75) is 12.7 Å². The van der Waals surface area contributed by atoms with Gasteiger partial charge < -0.3 is 21.5 Å². The number of halogens is 5. The molecule has 2 nitrogen and oxygen atoms in total. The predicted molar refractivity (Wildman–Crippen MR) is 102 cm³/mol. The van der Waals surface area contributed by atoms with Crippen LogP contribution in [0.1, 0.15) is 5.56 Å². The molecule has 3 rings (SSSR count). The Balaban J connectivity index is 0.00000261. The predicted octanol–water partition coefficient (Wildman–Crippen LogP) is 3.42. The molecule has 0 atom stereocenters. The molecular formula is C19H14Br2F3N2S-. The smallest absolute Gasteiger partial charge is 0.416 e.